The van der Waals surface area contributed by atoms with Crippen molar-refractivity contribution in [3.05, 3.63) is 65.7 Å². The maximum Gasteiger partial charge on any atom is 0.356 e. The van der Waals surface area contributed by atoms with Gasteiger partial charge in [0.05, 0.1) is 11.1 Å². The van der Waals surface area contributed by atoms with Crippen LogP contribution in [0.3, 0.4) is 0 Å². The largest absolute Gasteiger partial charge is 0.438 e. The summed E-state index contributed by atoms with van der Waals surface area (Å²) in [4.78, 5) is 31.4. The van der Waals surface area contributed by atoms with Gasteiger partial charge in [-0.2, -0.15) is 5.90 Å². The van der Waals surface area contributed by atoms with E-state index in [0.29, 0.717) is 11.3 Å². The fourth-order valence-corrected chi connectivity index (χ4v) is 2.19. The van der Waals surface area contributed by atoms with Gasteiger partial charge < -0.3 is 15.3 Å². The first-order chi connectivity index (χ1) is 11.6. The van der Waals surface area contributed by atoms with E-state index in [0.717, 1.165) is 5.39 Å². The van der Waals surface area contributed by atoms with Crippen molar-refractivity contribution < 1.29 is 19.2 Å². The monoisotopic (exact) mass is 323 g/mol. The lowest BCUT2D eigenvalue weighted by atomic mass is 10.1. The molecule has 2 aromatic carbocycles. The zero-order chi connectivity index (χ0) is 17.1. The Balaban J connectivity index is 1.98. The number of rotatable bonds is 4. The van der Waals surface area contributed by atoms with Crippen LogP contribution in [-0.4, -0.2) is 16.9 Å². The molecule has 0 unspecified atom stereocenters. The van der Waals surface area contributed by atoms with Crippen LogP contribution in [0.25, 0.3) is 10.9 Å². The highest BCUT2D eigenvalue weighted by atomic mass is 16.7. The van der Waals surface area contributed by atoms with Crippen LogP contribution < -0.4 is 16.4 Å². The van der Waals surface area contributed by atoms with Crippen molar-refractivity contribution in [2.45, 2.75) is 0 Å². The molecule has 0 saturated heterocycles. The summed E-state index contributed by atoms with van der Waals surface area (Å²) in [6.07, 6.45) is 0. The second-order valence-electron chi connectivity index (χ2n) is 4.93. The topological polar surface area (TPSA) is 118 Å². The highest BCUT2D eigenvalue weighted by Crippen LogP contribution is 2.27. The average Bonchev–Trinajstić information content (AvgIpc) is 2.61. The van der Waals surface area contributed by atoms with E-state index in [-0.39, 0.29) is 17.0 Å². The highest BCUT2D eigenvalue weighted by Gasteiger charge is 2.14. The molecule has 0 radical (unpaired) electrons. The van der Waals surface area contributed by atoms with E-state index in [2.05, 4.69) is 9.82 Å². The Morgan fingerprint density at radius 1 is 1.00 bits per heavy atom. The summed E-state index contributed by atoms with van der Waals surface area (Å²) in [5.74, 6) is 4.00. The van der Waals surface area contributed by atoms with Gasteiger partial charge in [-0.05, 0) is 36.4 Å². The van der Waals surface area contributed by atoms with Crippen molar-refractivity contribution in [3.63, 3.8) is 0 Å². The fourth-order valence-electron chi connectivity index (χ4n) is 2.19. The predicted octanol–water partition coefficient (Wildman–Crippen LogP) is 2.16. The van der Waals surface area contributed by atoms with Crippen LogP contribution in [0.4, 0.5) is 0 Å². The molecule has 0 bridgehead atoms. The van der Waals surface area contributed by atoms with Crippen LogP contribution in [0.1, 0.15) is 20.7 Å². The van der Waals surface area contributed by atoms with E-state index in [9.17, 15) is 9.59 Å². The summed E-state index contributed by atoms with van der Waals surface area (Å²) >= 11 is 0. The molecule has 0 aliphatic heterocycles. The number of carbonyl (C=O) groups is 2. The standard InChI is InChI=1S/C17H13N3O4/c18-15(21)13-9-11-3-1-2-4-14(11)20-16(13)23-12-7-5-10(6-8-12)17(22)24-19/h1-9H,19H2,(H2,18,21). The molecule has 7 nitrogen and oxygen atoms in total. The minimum atomic E-state index is -0.664. The van der Waals surface area contributed by atoms with Gasteiger partial charge >= 0.3 is 5.97 Å². The van der Waals surface area contributed by atoms with Gasteiger partial charge in [-0.1, -0.05) is 18.2 Å². The molecule has 0 aliphatic carbocycles. The molecule has 0 fully saturated rings. The Bertz CT molecular complexity index is 923. The number of ether oxygens (including phenoxy) is 1. The number of para-hydroxylation sites is 1. The summed E-state index contributed by atoms with van der Waals surface area (Å²) in [7, 11) is 0. The van der Waals surface area contributed by atoms with Gasteiger partial charge in [0.2, 0.25) is 5.88 Å². The third-order valence-electron chi connectivity index (χ3n) is 3.37. The zero-order valence-electron chi connectivity index (χ0n) is 12.4. The highest BCUT2D eigenvalue weighted by molar-refractivity contribution is 5.99. The molecule has 1 aromatic heterocycles. The third kappa shape index (κ3) is 3.01. The zero-order valence-corrected chi connectivity index (χ0v) is 12.4. The number of hydrogen-bond donors (Lipinski definition) is 2. The van der Waals surface area contributed by atoms with Gasteiger partial charge in [0.25, 0.3) is 5.91 Å². The van der Waals surface area contributed by atoms with E-state index in [1.807, 2.05) is 18.2 Å². The summed E-state index contributed by atoms with van der Waals surface area (Å²) in [6.45, 7) is 0. The maximum atomic E-state index is 11.7. The minimum Gasteiger partial charge on any atom is -0.438 e. The molecule has 0 spiro atoms. The van der Waals surface area contributed by atoms with E-state index in [1.165, 1.54) is 24.3 Å². The normalized spacial score (nSPS) is 10.4. The Morgan fingerprint density at radius 3 is 2.38 bits per heavy atom. The summed E-state index contributed by atoms with van der Waals surface area (Å²) < 4.78 is 5.65. The lowest BCUT2D eigenvalue weighted by Crippen LogP contribution is -2.13. The molecule has 4 N–H and O–H groups in total. The first kappa shape index (κ1) is 15.4. The second kappa shape index (κ2) is 6.35. The van der Waals surface area contributed by atoms with Crippen molar-refractivity contribution in [3.8, 4) is 11.6 Å². The molecule has 0 atom stereocenters. The molecule has 24 heavy (non-hydrogen) atoms. The quantitative estimate of drug-likeness (QED) is 0.710. The number of nitrogens with two attached hydrogens (primary N) is 2. The van der Waals surface area contributed by atoms with Crippen molar-refractivity contribution in [2.24, 2.45) is 11.6 Å². The number of fused-ring (bicyclic) bond motifs is 1. The second-order valence-corrected chi connectivity index (χ2v) is 4.93. The van der Waals surface area contributed by atoms with Crippen LogP contribution in [0.2, 0.25) is 0 Å². The van der Waals surface area contributed by atoms with Crippen molar-refractivity contribution in [2.75, 3.05) is 0 Å². The number of aromatic nitrogens is 1. The lowest BCUT2D eigenvalue weighted by Gasteiger charge is -2.10. The van der Waals surface area contributed by atoms with Crippen molar-refractivity contribution in [1.29, 1.82) is 0 Å². The van der Waals surface area contributed by atoms with Gasteiger partial charge in [0.1, 0.15) is 11.3 Å². The molecular weight excluding hydrogens is 310 g/mol. The molecule has 3 aromatic rings. The summed E-state index contributed by atoms with van der Waals surface area (Å²) in [5.41, 5.74) is 6.51. The molecule has 0 saturated carbocycles. The van der Waals surface area contributed by atoms with E-state index in [4.69, 9.17) is 16.4 Å². The molecule has 1 heterocycles. The lowest BCUT2D eigenvalue weighted by molar-refractivity contribution is 0.0503. The number of nitrogens with zero attached hydrogens (tertiary/aromatic N) is 1. The molecule has 7 heteroatoms. The Labute approximate surface area is 136 Å². The predicted molar refractivity (Wildman–Crippen MR) is 86.4 cm³/mol. The molecule has 0 aliphatic rings. The number of amides is 1. The van der Waals surface area contributed by atoms with Gasteiger partial charge in [0.15, 0.2) is 0 Å². The minimum absolute atomic E-state index is 0.0929. The van der Waals surface area contributed by atoms with Gasteiger partial charge in [-0.25, -0.2) is 9.78 Å². The van der Waals surface area contributed by atoms with E-state index in [1.54, 1.807) is 12.1 Å². The van der Waals surface area contributed by atoms with Crippen LogP contribution in [0, 0.1) is 0 Å². The number of primary amides is 1. The molecule has 1 amide bonds. The smallest absolute Gasteiger partial charge is 0.356 e. The Kier molecular flexibility index (Phi) is 4.09. The first-order valence-corrected chi connectivity index (χ1v) is 6.97. The third-order valence-corrected chi connectivity index (χ3v) is 3.37. The van der Waals surface area contributed by atoms with Crippen LogP contribution in [0.5, 0.6) is 11.6 Å². The summed E-state index contributed by atoms with van der Waals surface area (Å²) in [6, 6.07) is 15.0. The van der Waals surface area contributed by atoms with Gasteiger partial charge in [-0.3, -0.25) is 4.79 Å². The van der Waals surface area contributed by atoms with Crippen LogP contribution in [-0.2, 0) is 4.84 Å². The SMILES string of the molecule is NOC(=O)c1ccc(Oc2nc3ccccc3cc2C(N)=O)cc1. The first-order valence-electron chi connectivity index (χ1n) is 6.97. The van der Waals surface area contributed by atoms with E-state index >= 15 is 0 Å². The average molecular weight is 323 g/mol. The number of benzene rings is 2. The number of carbonyl (C=O) groups excluding carboxylic acids is 2. The Hall–Kier alpha value is -3.45. The van der Waals surface area contributed by atoms with Crippen molar-refractivity contribution in [1.82, 2.24) is 4.98 Å². The van der Waals surface area contributed by atoms with Crippen LogP contribution in [0.15, 0.2) is 54.6 Å². The fraction of sp³-hybridized carbons (Fsp3) is 0. The van der Waals surface area contributed by atoms with Crippen LogP contribution >= 0.6 is 0 Å². The Morgan fingerprint density at radius 2 is 1.71 bits per heavy atom. The maximum absolute atomic E-state index is 11.7. The van der Waals surface area contributed by atoms with Gasteiger partial charge in [-0.15, -0.1) is 0 Å². The number of hydrogen-bond acceptors (Lipinski definition) is 6. The van der Waals surface area contributed by atoms with E-state index < -0.39 is 11.9 Å². The molecule has 3 rings (SSSR count). The molecule has 120 valence electrons. The number of pyridine rings is 1. The van der Waals surface area contributed by atoms with Gasteiger partial charge in [0, 0.05) is 5.39 Å². The summed E-state index contributed by atoms with van der Waals surface area (Å²) in [5, 5.41) is 0.777. The van der Waals surface area contributed by atoms with Crippen molar-refractivity contribution >= 4 is 22.8 Å². The molecular formula is C17H13N3O4.